The molecule has 5 heteroatoms. The van der Waals surface area contributed by atoms with Gasteiger partial charge in [0.2, 0.25) is 0 Å². The Morgan fingerprint density at radius 1 is 1.11 bits per heavy atom. The van der Waals surface area contributed by atoms with Gasteiger partial charge in [0.15, 0.2) is 30.1 Å². The first-order chi connectivity index (χ1) is 8.25. The van der Waals surface area contributed by atoms with Crippen LogP contribution >= 0.6 is 27.9 Å². The number of halogens is 2. The number of ketones is 1. The molecule has 0 bridgehead atoms. The molecule has 2 nitrogen and oxygen atoms in total. The van der Waals surface area contributed by atoms with Gasteiger partial charge in [-0.25, -0.2) is 0 Å². The van der Waals surface area contributed by atoms with Gasteiger partial charge >= 0.3 is 0 Å². The summed E-state index contributed by atoms with van der Waals surface area (Å²) in [5.41, 5.74) is 0.747. The van der Waals surface area contributed by atoms with Crippen LogP contribution in [0.15, 0.2) is 59.3 Å². The average Bonchev–Trinajstić information content (AvgIpc) is 2.38. The Balaban J connectivity index is 0.00000162. The normalized spacial score (nSPS) is 9.61. The van der Waals surface area contributed by atoms with Crippen LogP contribution in [-0.2, 0) is 0 Å². The Labute approximate surface area is 129 Å². The maximum atomic E-state index is 11.9. The number of hydrogen-bond acceptors (Lipinski definition) is 2. The molecule has 0 atom stereocenters. The second-order valence-corrected chi connectivity index (χ2v) is 5.32. The van der Waals surface area contributed by atoms with Crippen molar-refractivity contribution in [2.45, 2.75) is 0 Å². The van der Waals surface area contributed by atoms with Gasteiger partial charge in [-0.2, -0.15) is 0 Å². The summed E-state index contributed by atoms with van der Waals surface area (Å²) in [4.78, 5) is 11.9. The fourth-order valence-corrected chi connectivity index (χ4v) is 2.33. The quantitative estimate of drug-likeness (QED) is 0.548. The molecule has 0 radical (unpaired) electrons. The highest BCUT2D eigenvalue weighted by atomic mass is 79.9. The van der Waals surface area contributed by atoms with Crippen LogP contribution in [0.4, 0.5) is 0 Å². The summed E-state index contributed by atoms with van der Waals surface area (Å²) in [6.45, 7) is 0. The van der Waals surface area contributed by atoms with E-state index in [-0.39, 0.29) is 22.8 Å². The first-order valence-corrected chi connectivity index (χ1v) is 6.87. The number of pyridine rings is 1. The van der Waals surface area contributed by atoms with Gasteiger partial charge < -0.3 is 17.0 Å². The smallest absolute Gasteiger partial charge is 0.183 e. The van der Waals surface area contributed by atoms with Gasteiger partial charge in [-0.05, 0) is 12.1 Å². The lowest BCUT2D eigenvalue weighted by Gasteiger charge is -1.97. The molecule has 1 aromatic heterocycles. The Hall–Kier alpha value is -0.650. The van der Waals surface area contributed by atoms with Gasteiger partial charge in [-0.3, -0.25) is 4.79 Å². The van der Waals surface area contributed by atoms with Gasteiger partial charge in [0.05, 0.1) is 0 Å². The third-order valence-corrected chi connectivity index (χ3v) is 3.66. The molecule has 18 heavy (non-hydrogen) atoms. The molecule has 1 heterocycles. The monoisotopic (exact) mass is 387 g/mol. The summed E-state index contributed by atoms with van der Waals surface area (Å²) in [6.07, 6.45) is 3.86. The number of Topliss-reactive ketones (excluding diaryl/α,β-unsaturated/α-hetero) is 1. The minimum atomic E-state index is 0. The lowest BCUT2D eigenvalue weighted by molar-refractivity contribution is -0.494. The zero-order chi connectivity index (χ0) is 12.1. The Kier molecular flexibility index (Phi) is 6.60. The third kappa shape index (κ3) is 4.55. The Morgan fingerprint density at radius 2 is 1.72 bits per heavy atom. The van der Waals surface area contributed by atoms with E-state index in [4.69, 9.17) is 0 Å². The number of aromatic nitrogens is 1. The van der Waals surface area contributed by atoms with E-state index in [2.05, 4.69) is 15.9 Å². The summed E-state index contributed by atoms with van der Waals surface area (Å²) >= 11 is 4.83. The van der Waals surface area contributed by atoms with Crippen molar-refractivity contribution in [1.29, 1.82) is 0 Å². The number of rotatable bonds is 4. The van der Waals surface area contributed by atoms with E-state index in [9.17, 15) is 4.79 Å². The minimum absolute atomic E-state index is 0. The molecule has 0 aliphatic rings. The molecule has 0 spiro atoms. The van der Waals surface area contributed by atoms with E-state index in [1.807, 2.05) is 58.8 Å². The average molecular weight is 389 g/mol. The molecule has 1 aromatic carbocycles. The van der Waals surface area contributed by atoms with E-state index in [0.29, 0.717) is 5.75 Å². The topological polar surface area (TPSA) is 20.9 Å². The minimum Gasteiger partial charge on any atom is -1.00 e. The fraction of sp³-hybridized carbons (Fsp3) is 0.0769. The van der Waals surface area contributed by atoms with Crippen molar-refractivity contribution in [3.8, 4) is 0 Å². The highest BCUT2D eigenvalue weighted by molar-refractivity contribution is 9.10. The van der Waals surface area contributed by atoms with Crippen LogP contribution in [-0.4, -0.2) is 11.5 Å². The SMILES string of the molecule is O=C(CS[n+]1ccccc1)c1ccc(Br)cc1.[Br-]. The molecular formula is C13H11Br2NOS. The molecule has 0 aliphatic carbocycles. The zero-order valence-electron chi connectivity index (χ0n) is 9.42. The van der Waals surface area contributed by atoms with Gasteiger partial charge in [-0.15, -0.1) is 3.97 Å². The Bertz CT molecular complexity index is 502. The van der Waals surface area contributed by atoms with Crippen LogP contribution in [0, 0.1) is 0 Å². The number of carbonyl (C=O) groups is 1. The molecule has 0 saturated heterocycles. The standard InChI is InChI=1S/C13H11BrNOS.BrH/c14-12-6-4-11(5-7-12)13(16)10-17-15-8-2-1-3-9-15;/h1-9H,10H2;1H/q+1;/p-1. The molecule has 0 N–H and O–H groups in total. The number of carbonyl (C=O) groups excluding carboxylic acids is 1. The summed E-state index contributed by atoms with van der Waals surface area (Å²) in [5.74, 6) is 0.579. The van der Waals surface area contributed by atoms with Crippen molar-refractivity contribution < 1.29 is 25.7 Å². The molecule has 94 valence electrons. The molecular weight excluding hydrogens is 378 g/mol. The van der Waals surface area contributed by atoms with Crippen molar-refractivity contribution in [2.75, 3.05) is 5.75 Å². The highest BCUT2D eigenvalue weighted by Crippen LogP contribution is 2.12. The second kappa shape index (κ2) is 7.71. The number of hydrogen-bond donors (Lipinski definition) is 0. The van der Waals surface area contributed by atoms with Gasteiger partial charge in [0.25, 0.3) is 0 Å². The maximum absolute atomic E-state index is 11.9. The predicted molar refractivity (Wildman–Crippen MR) is 73.0 cm³/mol. The predicted octanol–water partition coefficient (Wildman–Crippen LogP) is 0.120. The molecule has 0 unspecified atom stereocenters. The van der Waals surface area contributed by atoms with Gasteiger partial charge in [0, 0.05) is 22.2 Å². The van der Waals surface area contributed by atoms with E-state index < -0.39 is 0 Å². The zero-order valence-corrected chi connectivity index (χ0v) is 13.4. The van der Waals surface area contributed by atoms with Crippen molar-refractivity contribution >= 4 is 33.7 Å². The van der Waals surface area contributed by atoms with Crippen LogP contribution < -0.4 is 21.0 Å². The fourth-order valence-electron chi connectivity index (χ4n) is 1.32. The first kappa shape index (κ1) is 15.4. The molecule has 0 amide bonds. The van der Waals surface area contributed by atoms with Crippen LogP contribution in [0.1, 0.15) is 10.4 Å². The molecule has 2 aromatic rings. The van der Waals surface area contributed by atoms with Crippen LogP contribution in [0.5, 0.6) is 0 Å². The summed E-state index contributed by atoms with van der Waals surface area (Å²) in [6, 6.07) is 13.3. The van der Waals surface area contributed by atoms with Crippen molar-refractivity contribution in [3.05, 3.63) is 64.9 Å². The van der Waals surface area contributed by atoms with Crippen LogP contribution in [0.2, 0.25) is 0 Å². The molecule has 2 rings (SSSR count). The van der Waals surface area contributed by atoms with Crippen molar-refractivity contribution in [2.24, 2.45) is 0 Å². The van der Waals surface area contributed by atoms with Crippen LogP contribution in [0.25, 0.3) is 0 Å². The lowest BCUT2D eigenvalue weighted by atomic mass is 10.2. The molecule has 0 aliphatic heterocycles. The first-order valence-electron chi connectivity index (χ1n) is 5.14. The van der Waals surface area contributed by atoms with E-state index >= 15 is 0 Å². The largest absolute Gasteiger partial charge is 1.00 e. The number of benzene rings is 1. The summed E-state index contributed by atoms with van der Waals surface area (Å²) < 4.78 is 2.91. The van der Waals surface area contributed by atoms with Crippen LogP contribution in [0.3, 0.4) is 0 Å². The van der Waals surface area contributed by atoms with Gasteiger partial charge in [-0.1, -0.05) is 34.1 Å². The van der Waals surface area contributed by atoms with Crippen molar-refractivity contribution in [3.63, 3.8) is 0 Å². The second-order valence-electron chi connectivity index (χ2n) is 3.44. The highest BCUT2D eigenvalue weighted by Gasteiger charge is 2.10. The maximum Gasteiger partial charge on any atom is 0.183 e. The lowest BCUT2D eigenvalue weighted by Crippen LogP contribution is -3.00. The Morgan fingerprint density at radius 3 is 2.33 bits per heavy atom. The van der Waals surface area contributed by atoms with Gasteiger partial charge in [0.1, 0.15) is 5.75 Å². The number of nitrogens with zero attached hydrogens (tertiary/aromatic N) is 1. The van der Waals surface area contributed by atoms with Crippen molar-refractivity contribution in [1.82, 2.24) is 0 Å². The van der Waals surface area contributed by atoms with E-state index in [1.165, 1.54) is 11.9 Å². The summed E-state index contributed by atoms with van der Waals surface area (Å²) in [7, 11) is 0. The summed E-state index contributed by atoms with van der Waals surface area (Å²) in [5, 5.41) is 0. The molecule has 0 saturated carbocycles. The van der Waals surface area contributed by atoms with E-state index in [0.717, 1.165) is 10.0 Å². The van der Waals surface area contributed by atoms with E-state index in [1.54, 1.807) is 0 Å². The third-order valence-electron chi connectivity index (χ3n) is 2.20. The molecule has 0 fully saturated rings.